The van der Waals surface area contributed by atoms with Crippen LogP contribution >= 0.6 is 15.9 Å². The van der Waals surface area contributed by atoms with Crippen LogP contribution in [-0.4, -0.2) is 31.8 Å². The van der Waals surface area contributed by atoms with E-state index < -0.39 is 11.4 Å². The molecular weight excluding hydrogens is 355 g/mol. The second-order valence-corrected chi connectivity index (χ2v) is 6.64. The van der Waals surface area contributed by atoms with Gasteiger partial charge in [-0.2, -0.15) is 4.98 Å². The van der Waals surface area contributed by atoms with E-state index in [1.165, 1.54) is 6.07 Å². The fourth-order valence-corrected chi connectivity index (χ4v) is 2.85. The molecule has 6 nitrogen and oxygen atoms in total. The zero-order valence-corrected chi connectivity index (χ0v) is 13.3. The number of carbonyl (C=O) groups is 1. The number of rotatable bonds is 3. The molecule has 0 spiro atoms. The molecule has 8 heteroatoms. The highest BCUT2D eigenvalue weighted by Crippen LogP contribution is 2.37. The van der Waals surface area contributed by atoms with Crippen LogP contribution in [0.15, 0.2) is 22.7 Å². The number of halogens is 2. The van der Waals surface area contributed by atoms with Crippen molar-refractivity contribution < 1.29 is 14.3 Å². The van der Waals surface area contributed by atoms with E-state index >= 15 is 0 Å². The SMILES string of the molecule is CC1(O)CC(C(=O)Nc2n[nH]c(-c3ccc(Br)cc3F)n2)C1. The molecule has 0 atom stereocenters. The summed E-state index contributed by atoms with van der Waals surface area (Å²) in [6.07, 6.45) is 0.828. The summed E-state index contributed by atoms with van der Waals surface area (Å²) in [6, 6.07) is 4.58. The maximum absolute atomic E-state index is 13.9. The van der Waals surface area contributed by atoms with Crippen LogP contribution in [0.1, 0.15) is 19.8 Å². The number of nitrogens with zero attached hydrogens (tertiary/aromatic N) is 2. The second kappa shape index (κ2) is 5.44. The van der Waals surface area contributed by atoms with Crippen molar-refractivity contribution in [1.82, 2.24) is 15.2 Å². The third-order valence-corrected chi connectivity index (χ3v) is 4.14. The van der Waals surface area contributed by atoms with E-state index in [0.29, 0.717) is 17.3 Å². The van der Waals surface area contributed by atoms with E-state index in [1.54, 1.807) is 19.1 Å². The highest BCUT2D eigenvalue weighted by atomic mass is 79.9. The first-order chi connectivity index (χ1) is 10.3. The Kier molecular flexibility index (Phi) is 3.73. The summed E-state index contributed by atoms with van der Waals surface area (Å²) in [5.74, 6) is -0.608. The van der Waals surface area contributed by atoms with Gasteiger partial charge in [0.2, 0.25) is 11.9 Å². The number of anilines is 1. The van der Waals surface area contributed by atoms with Gasteiger partial charge in [-0.3, -0.25) is 15.2 Å². The molecule has 0 saturated heterocycles. The van der Waals surface area contributed by atoms with Crippen molar-refractivity contribution in [3.05, 3.63) is 28.5 Å². The van der Waals surface area contributed by atoms with Crippen molar-refractivity contribution in [2.75, 3.05) is 5.32 Å². The van der Waals surface area contributed by atoms with Crippen LogP contribution < -0.4 is 5.32 Å². The Labute approximate surface area is 134 Å². The lowest BCUT2D eigenvalue weighted by molar-refractivity contribution is -0.133. The predicted octanol–water partition coefficient (Wildman–Crippen LogP) is 2.47. The molecule has 0 aliphatic heterocycles. The van der Waals surface area contributed by atoms with Gasteiger partial charge in [0.05, 0.1) is 11.2 Å². The zero-order chi connectivity index (χ0) is 15.9. The van der Waals surface area contributed by atoms with E-state index in [4.69, 9.17) is 0 Å². The number of nitrogens with one attached hydrogen (secondary N) is 2. The number of aliphatic hydroxyl groups is 1. The zero-order valence-electron chi connectivity index (χ0n) is 11.7. The maximum atomic E-state index is 13.9. The molecule has 1 aromatic carbocycles. The van der Waals surface area contributed by atoms with Gasteiger partial charge in [0, 0.05) is 10.4 Å². The van der Waals surface area contributed by atoms with Crippen LogP contribution in [-0.2, 0) is 4.79 Å². The Morgan fingerprint density at radius 3 is 2.91 bits per heavy atom. The molecule has 1 amide bonds. The minimum absolute atomic E-state index is 0.0915. The third kappa shape index (κ3) is 3.02. The van der Waals surface area contributed by atoms with Crippen molar-refractivity contribution in [3.8, 4) is 11.4 Å². The molecule has 0 radical (unpaired) electrons. The van der Waals surface area contributed by atoms with E-state index in [0.717, 1.165) is 0 Å². The van der Waals surface area contributed by atoms with E-state index in [9.17, 15) is 14.3 Å². The first-order valence-electron chi connectivity index (χ1n) is 6.75. The molecule has 0 bridgehead atoms. The second-order valence-electron chi connectivity index (χ2n) is 5.72. The molecule has 1 aliphatic rings. The number of aromatic nitrogens is 3. The largest absolute Gasteiger partial charge is 0.390 e. The number of aromatic amines is 1. The molecule has 1 saturated carbocycles. The summed E-state index contributed by atoms with van der Waals surface area (Å²) in [7, 11) is 0. The van der Waals surface area contributed by atoms with Crippen molar-refractivity contribution in [2.24, 2.45) is 5.92 Å². The van der Waals surface area contributed by atoms with Crippen LogP contribution in [0.5, 0.6) is 0 Å². The van der Waals surface area contributed by atoms with Gasteiger partial charge in [0.25, 0.3) is 0 Å². The van der Waals surface area contributed by atoms with Gasteiger partial charge in [0.1, 0.15) is 5.82 Å². The Morgan fingerprint density at radius 2 is 2.27 bits per heavy atom. The van der Waals surface area contributed by atoms with Crippen molar-refractivity contribution >= 4 is 27.8 Å². The highest BCUT2D eigenvalue weighted by Gasteiger charge is 2.42. The number of benzene rings is 1. The summed E-state index contributed by atoms with van der Waals surface area (Å²) >= 11 is 3.18. The number of carbonyl (C=O) groups excluding carboxylic acids is 1. The fourth-order valence-electron chi connectivity index (χ4n) is 2.52. The first-order valence-corrected chi connectivity index (χ1v) is 7.54. The smallest absolute Gasteiger partial charge is 0.249 e. The molecule has 0 unspecified atom stereocenters. The van der Waals surface area contributed by atoms with E-state index in [1.807, 2.05) is 0 Å². The molecule has 1 heterocycles. The lowest BCUT2D eigenvalue weighted by Gasteiger charge is -2.39. The minimum atomic E-state index is -0.771. The maximum Gasteiger partial charge on any atom is 0.249 e. The number of H-pyrrole nitrogens is 1. The number of hydrogen-bond donors (Lipinski definition) is 3. The highest BCUT2D eigenvalue weighted by molar-refractivity contribution is 9.10. The van der Waals surface area contributed by atoms with Crippen LogP contribution in [0.4, 0.5) is 10.3 Å². The van der Waals surface area contributed by atoms with Gasteiger partial charge in [-0.1, -0.05) is 15.9 Å². The fraction of sp³-hybridized carbons (Fsp3) is 0.357. The van der Waals surface area contributed by atoms with Crippen molar-refractivity contribution in [3.63, 3.8) is 0 Å². The summed E-state index contributed by atoms with van der Waals surface area (Å²) in [5, 5.41) is 18.7. The van der Waals surface area contributed by atoms with Crippen LogP contribution in [0.3, 0.4) is 0 Å². The topological polar surface area (TPSA) is 90.9 Å². The van der Waals surface area contributed by atoms with Gasteiger partial charge < -0.3 is 5.11 Å². The van der Waals surface area contributed by atoms with E-state index in [-0.39, 0.29) is 29.2 Å². The average molecular weight is 369 g/mol. The van der Waals surface area contributed by atoms with Gasteiger partial charge in [-0.25, -0.2) is 4.39 Å². The third-order valence-electron chi connectivity index (χ3n) is 3.65. The molecule has 3 N–H and O–H groups in total. The molecule has 1 fully saturated rings. The Hall–Kier alpha value is -1.80. The average Bonchev–Trinajstić information content (AvgIpc) is 2.84. The molecule has 1 aliphatic carbocycles. The molecule has 1 aromatic heterocycles. The first kappa shape index (κ1) is 15.1. The van der Waals surface area contributed by atoms with Crippen LogP contribution in [0.2, 0.25) is 0 Å². The van der Waals surface area contributed by atoms with Gasteiger partial charge >= 0.3 is 0 Å². The molecule has 22 heavy (non-hydrogen) atoms. The minimum Gasteiger partial charge on any atom is -0.390 e. The summed E-state index contributed by atoms with van der Waals surface area (Å²) in [5.41, 5.74) is -0.505. The molecular formula is C14H14BrFN4O2. The Morgan fingerprint density at radius 1 is 1.55 bits per heavy atom. The van der Waals surface area contributed by atoms with Gasteiger partial charge in [0.15, 0.2) is 5.82 Å². The normalized spacial score (nSPS) is 23.9. The predicted molar refractivity (Wildman–Crippen MR) is 81.5 cm³/mol. The van der Waals surface area contributed by atoms with Crippen LogP contribution in [0, 0.1) is 11.7 Å². The van der Waals surface area contributed by atoms with Crippen molar-refractivity contribution in [1.29, 1.82) is 0 Å². The van der Waals surface area contributed by atoms with Crippen LogP contribution in [0.25, 0.3) is 11.4 Å². The van der Waals surface area contributed by atoms with E-state index in [2.05, 4.69) is 36.4 Å². The lowest BCUT2D eigenvalue weighted by Crippen LogP contribution is -2.46. The number of hydrogen-bond acceptors (Lipinski definition) is 4. The molecule has 116 valence electrons. The monoisotopic (exact) mass is 368 g/mol. The van der Waals surface area contributed by atoms with Crippen molar-refractivity contribution in [2.45, 2.75) is 25.4 Å². The quantitative estimate of drug-likeness (QED) is 0.775. The summed E-state index contributed by atoms with van der Waals surface area (Å²) in [6.45, 7) is 1.69. The lowest BCUT2D eigenvalue weighted by atomic mass is 9.72. The summed E-state index contributed by atoms with van der Waals surface area (Å²) < 4.78 is 14.5. The summed E-state index contributed by atoms with van der Waals surface area (Å²) in [4.78, 5) is 16.0. The Bertz CT molecular complexity index is 723. The standard InChI is InChI=1S/C14H14BrFN4O2/c1-14(22)5-7(6-14)12(21)18-13-17-11(19-20-13)9-3-2-8(15)4-10(9)16/h2-4,7,22H,5-6H2,1H3,(H2,17,18,19,20,21). The molecule has 2 aromatic rings. The van der Waals surface area contributed by atoms with Gasteiger partial charge in [-0.05, 0) is 38.0 Å². The molecule has 3 rings (SSSR count). The number of amides is 1. The van der Waals surface area contributed by atoms with Gasteiger partial charge in [-0.15, -0.1) is 5.10 Å². The Balaban J connectivity index is 1.70.